The molecule has 12 heteroatoms. The number of halogens is 1. The SMILES string of the molecule is O=C(CSc1nc2ccccc2n1C(=O)CCN1C(=O)/C(=C/c2cccs2)SC1=S)Nc1ccc(F)cc1. The minimum atomic E-state index is -0.394. The van der Waals surface area contributed by atoms with Gasteiger partial charge in [0.1, 0.15) is 10.1 Å². The molecule has 0 radical (unpaired) electrons. The molecule has 5 rings (SSSR count). The molecular formula is C26H19FN4O3S4. The van der Waals surface area contributed by atoms with Crippen LogP contribution in [0.1, 0.15) is 16.1 Å². The molecule has 38 heavy (non-hydrogen) atoms. The lowest BCUT2D eigenvalue weighted by Gasteiger charge is -2.14. The number of anilines is 1. The van der Waals surface area contributed by atoms with Crippen LogP contribution in [0, 0.1) is 5.82 Å². The van der Waals surface area contributed by atoms with E-state index in [1.54, 1.807) is 24.3 Å². The van der Waals surface area contributed by atoms with Crippen LogP contribution in [0.15, 0.2) is 76.1 Å². The van der Waals surface area contributed by atoms with E-state index in [2.05, 4.69) is 10.3 Å². The number of aromatic nitrogens is 2. The van der Waals surface area contributed by atoms with Gasteiger partial charge in [-0.1, -0.05) is 53.9 Å². The van der Waals surface area contributed by atoms with Gasteiger partial charge in [0.05, 0.1) is 21.7 Å². The van der Waals surface area contributed by atoms with Crippen molar-refractivity contribution in [3.05, 3.63) is 81.6 Å². The van der Waals surface area contributed by atoms with Gasteiger partial charge < -0.3 is 5.32 Å². The summed E-state index contributed by atoms with van der Waals surface area (Å²) in [5.41, 5.74) is 1.70. The first kappa shape index (κ1) is 26.3. The quantitative estimate of drug-likeness (QED) is 0.157. The summed E-state index contributed by atoms with van der Waals surface area (Å²) in [5, 5.41) is 5.00. The average molecular weight is 583 g/mol. The molecule has 0 bridgehead atoms. The Labute approximate surface area is 235 Å². The molecule has 2 aromatic heterocycles. The Morgan fingerprint density at radius 3 is 2.66 bits per heavy atom. The first-order chi connectivity index (χ1) is 18.4. The number of carbonyl (C=O) groups excluding carboxylic acids is 3. The standard InChI is InChI=1S/C26H19FN4O3S4/c27-16-7-9-17(10-8-16)28-22(32)15-37-25-29-19-5-1-2-6-20(19)31(25)23(33)11-12-30-24(34)21(38-26(30)35)14-18-4-3-13-36-18/h1-10,13-14H,11-12,15H2,(H,28,32)/b21-14-. The van der Waals surface area contributed by atoms with Gasteiger partial charge in [0.2, 0.25) is 11.8 Å². The molecule has 1 aliphatic rings. The van der Waals surface area contributed by atoms with Crippen LogP contribution in [0.4, 0.5) is 10.1 Å². The molecular weight excluding hydrogens is 564 g/mol. The van der Waals surface area contributed by atoms with Crippen molar-refractivity contribution < 1.29 is 18.8 Å². The predicted molar refractivity (Wildman–Crippen MR) is 155 cm³/mol. The van der Waals surface area contributed by atoms with Crippen LogP contribution in [-0.4, -0.2) is 48.8 Å². The molecule has 4 aromatic rings. The van der Waals surface area contributed by atoms with E-state index in [4.69, 9.17) is 12.2 Å². The lowest BCUT2D eigenvalue weighted by Crippen LogP contribution is -2.31. The Balaban J connectivity index is 1.28. The van der Waals surface area contributed by atoms with Gasteiger partial charge in [-0.25, -0.2) is 9.37 Å². The molecule has 0 spiro atoms. The molecule has 7 nitrogen and oxygen atoms in total. The van der Waals surface area contributed by atoms with Gasteiger partial charge in [0.15, 0.2) is 5.16 Å². The number of nitrogens with one attached hydrogen (secondary N) is 1. The van der Waals surface area contributed by atoms with Crippen LogP contribution < -0.4 is 5.32 Å². The highest BCUT2D eigenvalue weighted by atomic mass is 32.2. The van der Waals surface area contributed by atoms with E-state index in [0.717, 1.165) is 16.6 Å². The summed E-state index contributed by atoms with van der Waals surface area (Å²) in [4.78, 5) is 46.3. The van der Waals surface area contributed by atoms with Crippen molar-refractivity contribution in [2.24, 2.45) is 0 Å². The van der Waals surface area contributed by atoms with E-state index < -0.39 is 5.82 Å². The Hall–Kier alpha value is -3.32. The molecule has 0 unspecified atom stereocenters. The second-order valence-electron chi connectivity index (χ2n) is 8.05. The Bertz CT molecular complexity index is 1570. The van der Waals surface area contributed by atoms with E-state index in [1.807, 2.05) is 23.6 Å². The van der Waals surface area contributed by atoms with Crippen molar-refractivity contribution >= 4 is 91.9 Å². The van der Waals surface area contributed by atoms with Crippen LogP contribution in [-0.2, 0) is 9.59 Å². The molecule has 0 aliphatic carbocycles. The van der Waals surface area contributed by atoms with Crippen LogP contribution in [0.2, 0.25) is 0 Å². The Morgan fingerprint density at radius 2 is 1.89 bits per heavy atom. The molecule has 1 fully saturated rings. The zero-order valence-corrected chi connectivity index (χ0v) is 22.9. The number of para-hydroxylation sites is 2. The predicted octanol–water partition coefficient (Wildman–Crippen LogP) is 5.90. The lowest BCUT2D eigenvalue weighted by molar-refractivity contribution is -0.122. The largest absolute Gasteiger partial charge is 0.325 e. The summed E-state index contributed by atoms with van der Waals surface area (Å²) >= 11 is 9.28. The summed E-state index contributed by atoms with van der Waals surface area (Å²) in [7, 11) is 0. The summed E-state index contributed by atoms with van der Waals surface area (Å²) in [6, 6.07) is 16.5. The van der Waals surface area contributed by atoms with Gasteiger partial charge in [0, 0.05) is 23.5 Å². The van der Waals surface area contributed by atoms with E-state index in [-0.39, 0.29) is 36.4 Å². The first-order valence-electron chi connectivity index (χ1n) is 11.4. The number of fused-ring (bicyclic) bond motifs is 1. The van der Waals surface area contributed by atoms with Crippen LogP contribution in [0.25, 0.3) is 17.1 Å². The van der Waals surface area contributed by atoms with E-state index in [9.17, 15) is 18.8 Å². The second kappa shape index (κ2) is 11.6. The van der Waals surface area contributed by atoms with Crippen molar-refractivity contribution in [1.29, 1.82) is 0 Å². The number of hydrogen-bond acceptors (Lipinski definition) is 8. The fraction of sp³-hybridized carbons (Fsp3) is 0.115. The summed E-state index contributed by atoms with van der Waals surface area (Å²) in [6.07, 6.45) is 1.83. The fourth-order valence-electron chi connectivity index (χ4n) is 3.72. The topological polar surface area (TPSA) is 84.3 Å². The highest BCUT2D eigenvalue weighted by Gasteiger charge is 2.32. The monoisotopic (exact) mass is 582 g/mol. The first-order valence-corrected chi connectivity index (χ1v) is 14.5. The van der Waals surface area contributed by atoms with E-state index >= 15 is 0 Å². The lowest BCUT2D eigenvalue weighted by atomic mass is 10.3. The molecule has 3 heterocycles. The number of thiocarbonyl (C=S) groups is 1. The number of thioether (sulfide) groups is 2. The number of rotatable bonds is 8. The zero-order chi connectivity index (χ0) is 26.6. The number of carbonyl (C=O) groups is 3. The van der Waals surface area contributed by atoms with Crippen molar-refractivity contribution in [3.8, 4) is 0 Å². The number of hydrogen-bond donors (Lipinski definition) is 1. The van der Waals surface area contributed by atoms with Crippen LogP contribution >= 0.6 is 47.1 Å². The van der Waals surface area contributed by atoms with Crippen LogP contribution in [0.3, 0.4) is 0 Å². The molecule has 0 saturated carbocycles. The zero-order valence-electron chi connectivity index (χ0n) is 19.6. The van der Waals surface area contributed by atoms with Gasteiger partial charge in [-0.15, -0.1) is 11.3 Å². The number of imidazole rings is 1. The second-order valence-corrected chi connectivity index (χ2v) is 11.7. The number of benzene rings is 2. The summed E-state index contributed by atoms with van der Waals surface area (Å²) in [6.45, 7) is 0.132. The Kier molecular flexibility index (Phi) is 8.03. The minimum absolute atomic E-state index is 0.00378. The number of amides is 2. The minimum Gasteiger partial charge on any atom is -0.325 e. The van der Waals surface area contributed by atoms with Crippen molar-refractivity contribution in [2.75, 3.05) is 17.6 Å². The highest BCUT2D eigenvalue weighted by Crippen LogP contribution is 2.33. The molecule has 2 amide bonds. The molecule has 1 saturated heterocycles. The average Bonchev–Trinajstić information content (AvgIpc) is 3.61. The summed E-state index contributed by atoms with van der Waals surface area (Å²) < 4.78 is 15.0. The number of thiophene rings is 1. The third-order valence-corrected chi connectivity index (χ3v) is 8.61. The van der Waals surface area contributed by atoms with Crippen LogP contribution in [0.5, 0.6) is 0 Å². The van der Waals surface area contributed by atoms with Crippen molar-refractivity contribution in [3.63, 3.8) is 0 Å². The van der Waals surface area contributed by atoms with Gasteiger partial charge >= 0.3 is 0 Å². The summed E-state index contributed by atoms with van der Waals surface area (Å²) in [5.74, 6) is -1.20. The smallest absolute Gasteiger partial charge is 0.266 e. The third-order valence-electron chi connectivity index (χ3n) is 5.48. The Morgan fingerprint density at radius 1 is 1.11 bits per heavy atom. The highest BCUT2D eigenvalue weighted by molar-refractivity contribution is 8.26. The van der Waals surface area contributed by atoms with Gasteiger partial charge in [-0.05, 0) is 53.9 Å². The number of nitrogens with zero attached hydrogens (tertiary/aromatic N) is 3. The van der Waals surface area contributed by atoms with E-state index in [0.29, 0.717) is 31.1 Å². The van der Waals surface area contributed by atoms with E-state index in [1.165, 1.54) is 56.8 Å². The maximum absolute atomic E-state index is 13.4. The maximum atomic E-state index is 13.4. The normalized spacial score (nSPS) is 14.6. The van der Waals surface area contributed by atoms with Gasteiger partial charge in [-0.2, -0.15) is 0 Å². The third kappa shape index (κ3) is 5.88. The molecule has 0 atom stereocenters. The molecule has 192 valence electrons. The molecule has 1 aliphatic heterocycles. The molecule has 2 aromatic carbocycles. The maximum Gasteiger partial charge on any atom is 0.266 e. The van der Waals surface area contributed by atoms with Gasteiger partial charge in [0.25, 0.3) is 5.91 Å². The van der Waals surface area contributed by atoms with Gasteiger partial charge in [-0.3, -0.25) is 23.9 Å². The van der Waals surface area contributed by atoms with Crippen molar-refractivity contribution in [1.82, 2.24) is 14.5 Å². The molecule has 1 N–H and O–H groups in total. The fourth-order valence-corrected chi connectivity index (χ4v) is 6.57. The van der Waals surface area contributed by atoms with Crippen molar-refractivity contribution in [2.45, 2.75) is 11.6 Å².